The van der Waals surface area contributed by atoms with E-state index in [1.807, 2.05) is 24.3 Å². The molecule has 0 saturated carbocycles. The Kier molecular flexibility index (Phi) is 6.14. The highest BCUT2D eigenvalue weighted by molar-refractivity contribution is 5.26. The van der Waals surface area contributed by atoms with Gasteiger partial charge in [0.2, 0.25) is 0 Å². The average Bonchev–Trinajstić information content (AvgIpc) is 2.96. The molecule has 0 bridgehead atoms. The topological polar surface area (TPSA) is 36.9 Å². The summed E-state index contributed by atoms with van der Waals surface area (Å²) in [5, 5.41) is 0. The fourth-order valence-electron chi connectivity index (χ4n) is 1.85. The first-order chi connectivity index (χ1) is 9.38. The van der Waals surface area contributed by atoms with E-state index >= 15 is 0 Å². The Morgan fingerprint density at radius 1 is 1.11 bits per heavy atom. The van der Waals surface area contributed by atoms with Gasteiger partial charge in [0, 0.05) is 6.42 Å². The van der Waals surface area contributed by atoms with Gasteiger partial charge in [0.25, 0.3) is 0 Å². The molecular weight excluding hydrogens is 244 g/mol. The van der Waals surface area contributed by atoms with E-state index in [9.17, 15) is 0 Å². The van der Waals surface area contributed by atoms with Crippen LogP contribution in [0.3, 0.4) is 0 Å². The minimum atomic E-state index is -0.0789. The number of ether oxygens (including phenoxy) is 4. The van der Waals surface area contributed by atoms with Gasteiger partial charge >= 0.3 is 0 Å². The molecule has 0 unspecified atom stereocenters. The van der Waals surface area contributed by atoms with Crippen LogP contribution in [-0.2, 0) is 20.8 Å². The Hall–Kier alpha value is -1.10. The molecule has 1 aromatic carbocycles. The maximum absolute atomic E-state index is 5.60. The summed E-state index contributed by atoms with van der Waals surface area (Å²) in [4.78, 5) is 0. The van der Waals surface area contributed by atoms with Gasteiger partial charge in [-0.2, -0.15) is 0 Å². The van der Waals surface area contributed by atoms with Crippen LogP contribution in [0.25, 0.3) is 0 Å². The van der Waals surface area contributed by atoms with E-state index in [1.165, 1.54) is 0 Å². The minimum Gasteiger partial charge on any atom is -0.494 e. The highest BCUT2D eigenvalue weighted by Crippen LogP contribution is 2.14. The molecule has 1 aliphatic rings. The Morgan fingerprint density at radius 2 is 1.84 bits per heavy atom. The van der Waals surface area contributed by atoms with Gasteiger partial charge in [-0.3, -0.25) is 0 Å². The van der Waals surface area contributed by atoms with E-state index < -0.39 is 0 Å². The van der Waals surface area contributed by atoms with Gasteiger partial charge in [0.1, 0.15) is 5.75 Å². The maximum Gasteiger partial charge on any atom is 0.160 e. The van der Waals surface area contributed by atoms with Crippen molar-refractivity contribution in [3.8, 4) is 5.75 Å². The lowest BCUT2D eigenvalue weighted by molar-refractivity contribution is -0.0631. The van der Waals surface area contributed by atoms with Crippen molar-refractivity contribution in [1.29, 1.82) is 0 Å². The smallest absolute Gasteiger partial charge is 0.160 e. The molecule has 0 amide bonds. The maximum atomic E-state index is 5.60. The Morgan fingerprint density at radius 3 is 2.53 bits per heavy atom. The number of rotatable bonds is 8. The average molecular weight is 266 g/mol. The first-order valence-corrected chi connectivity index (χ1v) is 6.91. The fraction of sp³-hybridized carbons (Fsp3) is 0.600. The summed E-state index contributed by atoms with van der Waals surface area (Å²) < 4.78 is 21.8. The quantitative estimate of drug-likeness (QED) is 0.678. The van der Waals surface area contributed by atoms with Crippen LogP contribution in [0.1, 0.15) is 25.3 Å². The zero-order chi connectivity index (χ0) is 13.3. The molecule has 0 spiro atoms. The zero-order valence-electron chi connectivity index (χ0n) is 11.5. The summed E-state index contributed by atoms with van der Waals surface area (Å²) in [6, 6.07) is 8.04. The highest BCUT2D eigenvalue weighted by atomic mass is 16.7. The van der Waals surface area contributed by atoms with Crippen LogP contribution in [0.15, 0.2) is 24.3 Å². The molecular formula is C15H22O4. The summed E-state index contributed by atoms with van der Waals surface area (Å²) in [5.41, 5.74) is 1.15. The van der Waals surface area contributed by atoms with Gasteiger partial charge < -0.3 is 18.9 Å². The van der Waals surface area contributed by atoms with E-state index in [2.05, 4.69) is 6.92 Å². The second-order valence-electron chi connectivity index (χ2n) is 4.50. The lowest BCUT2D eigenvalue weighted by atomic mass is 10.2. The molecule has 0 aliphatic carbocycles. The van der Waals surface area contributed by atoms with Crippen LogP contribution >= 0.6 is 0 Å². The van der Waals surface area contributed by atoms with Gasteiger partial charge in [-0.05, 0) is 24.1 Å². The van der Waals surface area contributed by atoms with Crippen LogP contribution in [-0.4, -0.2) is 32.7 Å². The van der Waals surface area contributed by atoms with Crippen LogP contribution in [0.4, 0.5) is 0 Å². The summed E-state index contributed by atoms with van der Waals surface area (Å²) in [7, 11) is 0. The molecule has 0 aromatic heterocycles. The van der Waals surface area contributed by atoms with Crippen molar-refractivity contribution in [3.05, 3.63) is 29.8 Å². The lowest BCUT2D eigenvalue weighted by Gasteiger charge is -2.10. The van der Waals surface area contributed by atoms with Crippen LogP contribution in [0, 0.1) is 0 Å². The van der Waals surface area contributed by atoms with E-state index in [1.54, 1.807) is 0 Å². The summed E-state index contributed by atoms with van der Waals surface area (Å²) in [6.45, 7) is 5.52. The molecule has 2 rings (SSSR count). The molecule has 0 atom stereocenters. The summed E-state index contributed by atoms with van der Waals surface area (Å²) in [6.07, 6.45) is 1.73. The third-order valence-electron chi connectivity index (χ3n) is 2.85. The molecule has 1 aromatic rings. The van der Waals surface area contributed by atoms with Gasteiger partial charge in [0.15, 0.2) is 6.29 Å². The van der Waals surface area contributed by atoms with Crippen molar-refractivity contribution in [3.63, 3.8) is 0 Å². The Balaban J connectivity index is 1.62. The van der Waals surface area contributed by atoms with Gasteiger partial charge in [0.05, 0.1) is 33.0 Å². The molecule has 1 aliphatic heterocycles. The zero-order valence-corrected chi connectivity index (χ0v) is 11.5. The van der Waals surface area contributed by atoms with Gasteiger partial charge in [-0.25, -0.2) is 0 Å². The molecule has 1 fully saturated rings. The van der Waals surface area contributed by atoms with Crippen LogP contribution in [0.5, 0.6) is 5.75 Å². The molecule has 4 nitrogen and oxygen atoms in total. The largest absolute Gasteiger partial charge is 0.494 e. The predicted octanol–water partition coefficient (Wildman–Crippen LogP) is 2.76. The summed E-state index contributed by atoms with van der Waals surface area (Å²) >= 11 is 0. The van der Waals surface area contributed by atoms with Gasteiger partial charge in [-0.1, -0.05) is 19.1 Å². The van der Waals surface area contributed by atoms with E-state index in [4.69, 9.17) is 18.9 Å². The SMILES string of the molecule is CCCOc1ccc(COCCC2OCCO2)cc1. The van der Waals surface area contributed by atoms with Crippen molar-refractivity contribution in [1.82, 2.24) is 0 Å². The first kappa shape index (κ1) is 14.3. The second-order valence-corrected chi connectivity index (χ2v) is 4.50. The Bertz CT molecular complexity index is 344. The second kappa shape index (κ2) is 8.15. The molecule has 1 heterocycles. The number of hydrogen-bond donors (Lipinski definition) is 0. The molecule has 0 radical (unpaired) electrons. The monoisotopic (exact) mass is 266 g/mol. The number of benzene rings is 1. The van der Waals surface area contributed by atoms with Crippen molar-refractivity contribution in [2.75, 3.05) is 26.4 Å². The van der Waals surface area contributed by atoms with E-state index in [0.29, 0.717) is 26.4 Å². The minimum absolute atomic E-state index is 0.0789. The fourth-order valence-corrected chi connectivity index (χ4v) is 1.85. The highest BCUT2D eigenvalue weighted by Gasteiger charge is 2.14. The van der Waals surface area contributed by atoms with Gasteiger partial charge in [-0.15, -0.1) is 0 Å². The standard InChI is InChI=1S/C15H22O4/c1-2-8-17-14-5-3-13(4-6-14)12-16-9-7-15-18-10-11-19-15/h3-6,15H,2,7-12H2,1H3. The summed E-state index contributed by atoms with van der Waals surface area (Å²) in [5.74, 6) is 0.915. The lowest BCUT2D eigenvalue weighted by Crippen LogP contribution is -2.11. The van der Waals surface area contributed by atoms with Crippen LogP contribution < -0.4 is 4.74 Å². The molecule has 106 valence electrons. The van der Waals surface area contributed by atoms with Crippen molar-refractivity contribution >= 4 is 0 Å². The normalized spacial score (nSPS) is 15.8. The van der Waals surface area contributed by atoms with E-state index in [-0.39, 0.29) is 6.29 Å². The van der Waals surface area contributed by atoms with Crippen molar-refractivity contribution in [2.45, 2.75) is 32.7 Å². The van der Waals surface area contributed by atoms with E-state index in [0.717, 1.165) is 30.8 Å². The molecule has 0 N–H and O–H groups in total. The van der Waals surface area contributed by atoms with Crippen molar-refractivity contribution in [2.24, 2.45) is 0 Å². The third-order valence-corrected chi connectivity index (χ3v) is 2.85. The molecule has 1 saturated heterocycles. The predicted molar refractivity (Wildman–Crippen MR) is 72.2 cm³/mol. The first-order valence-electron chi connectivity index (χ1n) is 6.91. The third kappa shape index (κ3) is 5.19. The molecule has 19 heavy (non-hydrogen) atoms. The van der Waals surface area contributed by atoms with Crippen molar-refractivity contribution < 1.29 is 18.9 Å². The number of hydrogen-bond acceptors (Lipinski definition) is 4. The van der Waals surface area contributed by atoms with Crippen LogP contribution in [0.2, 0.25) is 0 Å². The Labute approximate surface area is 114 Å². The molecule has 4 heteroatoms.